The number of allylic oxidation sites excluding steroid dienone is 1. The van der Waals surface area contributed by atoms with E-state index in [0.29, 0.717) is 6.29 Å². The van der Waals surface area contributed by atoms with Gasteiger partial charge in [-0.1, -0.05) is 12.6 Å². The standard InChI is InChI=1S/C5H5N.C3H4O/c1-2-4-6-5-3-1;1-2-3-4/h1-5H;2-3H,1H2. The summed E-state index contributed by atoms with van der Waals surface area (Å²) >= 11 is 0. The molecule has 0 N–H and O–H groups in total. The van der Waals surface area contributed by atoms with Gasteiger partial charge in [0.15, 0.2) is 0 Å². The van der Waals surface area contributed by atoms with E-state index in [1.54, 1.807) is 12.4 Å². The van der Waals surface area contributed by atoms with Gasteiger partial charge in [-0.15, -0.1) is 0 Å². The maximum atomic E-state index is 9.06. The van der Waals surface area contributed by atoms with Gasteiger partial charge < -0.3 is 0 Å². The lowest BCUT2D eigenvalue weighted by molar-refractivity contribution is -0.104. The minimum absolute atomic E-state index is 0.639. The zero-order valence-corrected chi connectivity index (χ0v) is 5.60. The molecule has 1 aromatic rings. The molecule has 0 spiro atoms. The molecule has 0 aliphatic heterocycles. The van der Waals surface area contributed by atoms with Crippen LogP contribution in [0.1, 0.15) is 0 Å². The van der Waals surface area contributed by atoms with Crippen molar-refractivity contribution < 1.29 is 4.79 Å². The quantitative estimate of drug-likeness (QED) is 0.431. The number of carbonyl (C=O) groups excluding carboxylic acids is 1. The summed E-state index contributed by atoms with van der Waals surface area (Å²) in [5.41, 5.74) is 0. The Hall–Kier alpha value is -1.44. The topological polar surface area (TPSA) is 30.0 Å². The lowest BCUT2D eigenvalue weighted by Crippen LogP contribution is -1.58. The van der Waals surface area contributed by atoms with Crippen molar-refractivity contribution in [2.45, 2.75) is 0 Å². The minimum atomic E-state index is 0.639. The van der Waals surface area contributed by atoms with E-state index in [1.807, 2.05) is 18.2 Å². The van der Waals surface area contributed by atoms with Gasteiger partial charge in [-0.25, -0.2) is 0 Å². The third-order valence-corrected chi connectivity index (χ3v) is 0.663. The van der Waals surface area contributed by atoms with E-state index in [1.165, 1.54) is 6.08 Å². The molecule has 0 saturated carbocycles. The van der Waals surface area contributed by atoms with Crippen molar-refractivity contribution in [1.82, 2.24) is 4.98 Å². The van der Waals surface area contributed by atoms with Crippen LogP contribution in [0.5, 0.6) is 0 Å². The molecule has 0 bridgehead atoms. The minimum Gasteiger partial charge on any atom is -0.299 e. The summed E-state index contributed by atoms with van der Waals surface area (Å²) in [7, 11) is 0. The zero-order chi connectivity index (χ0) is 7.66. The molecule has 0 atom stereocenters. The van der Waals surface area contributed by atoms with Crippen molar-refractivity contribution in [3.05, 3.63) is 43.2 Å². The second-order valence-electron chi connectivity index (χ2n) is 1.40. The summed E-state index contributed by atoms with van der Waals surface area (Å²) in [6.07, 6.45) is 5.33. The fourth-order valence-corrected chi connectivity index (χ4v) is 0.313. The first-order valence-corrected chi connectivity index (χ1v) is 2.83. The van der Waals surface area contributed by atoms with Gasteiger partial charge in [0.2, 0.25) is 0 Å². The fourth-order valence-electron chi connectivity index (χ4n) is 0.313. The number of pyridine rings is 1. The monoisotopic (exact) mass is 135 g/mol. The predicted molar refractivity (Wildman–Crippen MR) is 40.5 cm³/mol. The van der Waals surface area contributed by atoms with Crippen LogP contribution in [0, 0.1) is 0 Å². The maximum absolute atomic E-state index is 9.06. The number of aromatic nitrogens is 1. The molecule has 2 heteroatoms. The molecule has 0 unspecified atom stereocenters. The Morgan fingerprint density at radius 1 is 1.20 bits per heavy atom. The second-order valence-corrected chi connectivity index (χ2v) is 1.40. The molecule has 0 aromatic carbocycles. The summed E-state index contributed by atoms with van der Waals surface area (Å²) in [6, 6.07) is 5.72. The number of carbonyl (C=O) groups is 1. The van der Waals surface area contributed by atoms with Crippen LogP contribution < -0.4 is 0 Å². The summed E-state index contributed by atoms with van der Waals surface area (Å²) in [6.45, 7) is 3.11. The van der Waals surface area contributed by atoms with Crippen LogP contribution >= 0.6 is 0 Å². The number of hydrogen-bond donors (Lipinski definition) is 0. The van der Waals surface area contributed by atoms with Gasteiger partial charge in [-0.2, -0.15) is 0 Å². The van der Waals surface area contributed by atoms with E-state index < -0.39 is 0 Å². The third kappa shape index (κ3) is 6.56. The largest absolute Gasteiger partial charge is 0.299 e. The van der Waals surface area contributed by atoms with Gasteiger partial charge in [0.05, 0.1) is 0 Å². The Labute approximate surface area is 60.2 Å². The molecule has 0 radical (unpaired) electrons. The van der Waals surface area contributed by atoms with Gasteiger partial charge in [0.25, 0.3) is 0 Å². The Morgan fingerprint density at radius 3 is 1.80 bits per heavy atom. The van der Waals surface area contributed by atoms with Crippen LogP contribution in [0.25, 0.3) is 0 Å². The van der Waals surface area contributed by atoms with Gasteiger partial charge in [-0.05, 0) is 18.2 Å². The summed E-state index contributed by atoms with van der Waals surface area (Å²) in [5, 5.41) is 0. The first-order chi connectivity index (χ1) is 4.91. The highest BCUT2D eigenvalue weighted by molar-refractivity contribution is 5.63. The summed E-state index contributed by atoms with van der Waals surface area (Å²) in [5.74, 6) is 0. The first-order valence-electron chi connectivity index (χ1n) is 2.83. The molecule has 0 aliphatic carbocycles. The van der Waals surface area contributed by atoms with Gasteiger partial charge in [0.1, 0.15) is 6.29 Å². The highest BCUT2D eigenvalue weighted by Gasteiger charge is 1.58. The molecule has 1 aromatic heterocycles. The molecular weight excluding hydrogens is 126 g/mol. The lowest BCUT2D eigenvalue weighted by atomic mass is 10.5. The zero-order valence-electron chi connectivity index (χ0n) is 5.60. The van der Waals surface area contributed by atoms with Crippen LogP contribution in [-0.4, -0.2) is 11.3 Å². The average molecular weight is 135 g/mol. The molecule has 10 heavy (non-hydrogen) atoms. The van der Waals surface area contributed by atoms with E-state index in [0.717, 1.165) is 0 Å². The molecule has 0 saturated heterocycles. The fraction of sp³-hybridized carbons (Fsp3) is 0. The van der Waals surface area contributed by atoms with E-state index >= 15 is 0 Å². The SMILES string of the molecule is C=CC=O.c1ccncc1. The van der Waals surface area contributed by atoms with E-state index in [4.69, 9.17) is 4.79 Å². The predicted octanol–water partition coefficient (Wildman–Crippen LogP) is 1.45. The van der Waals surface area contributed by atoms with E-state index in [9.17, 15) is 0 Å². The third-order valence-electron chi connectivity index (χ3n) is 0.663. The van der Waals surface area contributed by atoms with Gasteiger partial charge in [-0.3, -0.25) is 9.78 Å². The molecule has 1 heterocycles. The maximum Gasteiger partial charge on any atom is 0.142 e. The Bertz CT molecular complexity index is 139. The average Bonchev–Trinajstić information content (AvgIpc) is 2.08. The van der Waals surface area contributed by atoms with Gasteiger partial charge >= 0.3 is 0 Å². The van der Waals surface area contributed by atoms with Crippen molar-refractivity contribution >= 4 is 6.29 Å². The Kier molecular flexibility index (Phi) is 6.47. The molecule has 0 amide bonds. The van der Waals surface area contributed by atoms with E-state index in [2.05, 4.69) is 11.6 Å². The highest BCUT2D eigenvalue weighted by atomic mass is 16.1. The Balaban J connectivity index is 0.000000180. The number of rotatable bonds is 1. The molecule has 52 valence electrons. The molecule has 0 fully saturated rings. The lowest BCUT2D eigenvalue weighted by Gasteiger charge is -1.70. The van der Waals surface area contributed by atoms with Crippen LogP contribution in [0.3, 0.4) is 0 Å². The number of nitrogens with zero attached hydrogens (tertiary/aromatic N) is 1. The van der Waals surface area contributed by atoms with Crippen LogP contribution in [0.15, 0.2) is 43.2 Å². The van der Waals surface area contributed by atoms with Crippen LogP contribution in [-0.2, 0) is 4.79 Å². The van der Waals surface area contributed by atoms with Crippen molar-refractivity contribution in [2.75, 3.05) is 0 Å². The summed E-state index contributed by atoms with van der Waals surface area (Å²) in [4.78, 5) is 12.8. The smallest absolute Gasteiger partial charge is 0.142 e. The normalized spacial score (nSPS) is 6.80. The molecule has 1 rings (SSSR count). The van der Waals surface area contributed by atoms with Crippen LogP contribution in [0.4, 0.5) is 0 Å². The number of hydrogen-bond acceptors (Lipinski definition) is 2. The molecule has 2 nitrogen and oxygen atoms in total. The number of aldehydes is 1. The second kappa shape index (κ2) is 7.56. The van der Waals surface area contributed by atoms with Crippen molar-refractivity contribution in [1.29, 1.82) is 0 Å². The molecule has 0 aliphatic rings. The van der Waals surface area contributed by atoms with Crippen molar-refractivity contribution in [3.63, 3.8) is 0 Å². The van der Waals surface area contributed by atoms with Crippen molar-refractivity contribution in [2.24, 2.45) is 0 Å². The van der Waals surface area contributed by atoms with Crippen LogP contribution in [0.2, 0.25) is 0 Å². The van der Waals surface area contributed by atoms with Gasteiger partial charge in [0, 0.05) is 12.4 Å². The van der Waals surface area contributed by atoms with Crippen molar-refractivity contribution in [3.8, 4) is 0 Å². The van der Waals surface area contributed by atoms with E-state index in [-0.39, 0.29) is 0 Å². The molecular formula is C8H9NO. The summed E-state index contributed by atoms with van der Waals surface area (Å²) < 4.78 is 0. The highest BCUT2D eigenvalue weighted by Crippen LogP contribution is 1.73. The Morgan fingerprint density at radius 2 is 1.70 bits per heavy atom. The first kappa shape index (κ1) is 8.56.